The third kappa shape index (κ3) is 3.89. The first-order valence-electron chi connectivity index (χ1n) is 6.67. The molecule has 1 atom stereocenters. The number of pyridine rings is 1. The molecule has 1 aromatic rings. The summed E-state index contributed by atoms with van der Waals surface area (Å²) in [5.41, 5.74) is -0.235. The topological polar surface area (TPSA) is 54.7 Å². The zero-order chi connectivity index (χ0) is 13.9. The summed E-state index contributed by atoms with van der Waals surface area (Å²) in [6.45, 7) is 7.05. The molecule has 2 rings (SSSR count). The summed E-state index contributed by atoms with van der Waals surface area (Å²) in [5.74, 6) is 0. The monoisotopic (exact) mass is 266 g/mol. The van der Waals surface area contributed by atoms with Crippen LogP contribution in [-0.2, 0) is 11.3 Å². The predicted molar refractivity (Wildman–Crippen MR) is 73.2 cm³/mol. The molecule has 0 spiro atoms. The van der Waals surface area contributed by atoms with Gasteiger partial charge in [-0.25, -0.2) is 0 Å². The fourth-order valence-electron chi connectivity index (χ4n) is 2.58. The van der Waals surface area contributed by atoms with Crippen LogP contribution in [-0.4, -0.2) is 52.5 Å². The zero-order valence-corrected chi connectivity index (χ0v) is 11.6. The number of aliphatic hydroxyl groups excluding tert-OH is 1. The van der Waals surface area contributed by atoms with Crippen LogP contribution in [0.1, 0.15) is 13.8 Å². The molecule has 1 aromatic heterocycles. The summed E-state index contributed by atoms with van der Waals surface area (Å²) < 4.78 is 7.47. The van der Waals surface area contributed by atoms with Crippen molar-refractivity contribution in [3.05, 3.63) is 34.7 Å². The van der Waals surface area contributed by atoms with Gasteiger partial charge in [0.15, 0.2) is 0 Å². The summed E-state index contributed by atoms with van der Waals surface area (Å²) in [7, 11) is 0. The Morgan fingerprint density at radius 1 is 1.42 bits per heavy atom. The van der Waals surface area contributed by atoms with Crippen molar-refractivity contribution in [3.63, 3.8) is 0 Å². The molecule has 1 N–H and O–H groups in total. The Balaban J connectivity index is 1.95. The first kappa shape index (κ1) is 14.2. The van der Waals surface area contributed by atoms with Crippen LogP contribution in [0.4, 0.5) is 0 Å². The molecule has 0 amide bonds. The van der Waals surface area contributed by atoms with Crippen molar-refractivity contribution in [2.24, 2.45) is 0 Å². The van der Waals surface area contributed by atoms with Gasteiger partial charge in [0.1, 0.15) is 0 Å². The Bertz CT molecular complexity index is 470. The molecule has 5 heteroatoms. The second kappa shape index (κ2) is 5.86. The van der Waals surface area contributed by atoms with E-state index >= 15 is 0 Å². The first-order valence-corrected chi connectivity index (χ1v) is 6.67. The fraction of sp³-hybridized carbons (Fsp3) is 0.643. The van der Waals surface area contributed by atoms with Crippen LogP contribution in [0.2, 0.25) is 0 Å². The van der Waals surface area contributed by atoms with Gasteiger partial charge in [-0.3, -0.25) is 9.69 Å². The molecule has 0 aliphatic carbocycles. The highest BCUT2D eigenvalue weighted by molar-refractivity contribution is 4.93. The lowest BCUT2D eigenvalue weighted by atomic mass is 10.1. The Labute approximate surface area is 113 Å². The van der Waals surface area contributed by atoms with Gasteiger partial charge in [0, 0.05) is 38.4 Å². The number of rotatable bonds is 4. The molecule has 1 aliphatic heterocycles. The maximum absolute atomic E-state index is 11.6. The van der Waals surface area contributed by atoms with Crippen molar-refractivity contribution in [1.29, 1.82) is 0 Å². The number of ether oxygens (including phenoxy) is 1. The molecular formula is C14H22N2O3. The van der Waals surface area contributed by atoms with E-state index in [0.717, 1.165) is 13.1 Å². The molecule has 0 saturated carbocycles. The van der Waals surface area contributed by atoms with E-state index in [0.29, 0.717) is 13.1 Å². The molecule has 1 aliphatic rings. The fourth-order valence-corrected chi connectivity index (χ4v) is 2.58. The minimum absolute atomic E-state index is 0.0220. The smallest absolute Gasteiger partial charge is 0.250 e. The van der Waals surface area contributed by atoms with Gasteiger partial charge in [-0.05, 0) is 19.9 Å². The van der Waals surface area contributed by atoms with E-state index in [9.17, 15) is 9.90 Å². The lowest BCUT2D eigenvalue weighted by Gasteiger charge is -2.42. The average Bonchev–Trinajstić information content (AvgIpc) is 2.36. The van der Waals surface area contributed by atoms with Gasteiger partial charge >= 0.3 is 0 Å². The second-order valence-corrected chi connectivity index (χ2v) is 5.65. The van der Waals surface area contributed by atoms with E-state index < -0.39 is 0 Å². The van der Waals surface area contributed by atoms with E-state index in [1.54, 1.807) is 22.9 Å². The molecule has 2 heterocycles. The molecule has 1 unspecified atom stereocenters. The summed E-state index contributed by atoms with van der Waals surface area (Å²) in [5, 5.41) is 9.26. The van der Waals surface area contributed by atoms with Gasteiger partial charge in [-0.15, -0.1) is 0 Å². The minimum atomic E-state index is -0.257. The zero-order valence-electron chi connectivity index (χ0n) is 11.6. The molecule has 1 fully saturated rings. The second-order valence-electron chi connectivity index (χ2n) is 5.65. The number of hydrogen-bond donors (Lipinski definition) is 1. The minimum Gasteiger partial charge on any atom is -0.394 e. The maximum Gasteiger partial charge on any atom is 0.250 e. The normalized spacial score (nSPS) is 23.4. The Morgan fingerprint density at radius 3 is 2.89 bits per heavy atom. The maximum atomic E-state index is 11.6. The van der Waals surface area contributed by atoms with E-state index in [1.807, 2.05) is 19.9 Å². The molecule has 0 bridgehead atoms. The standard InChI is InChI=1S/C14H22N2O3/c1-14(2)11-15(9-12(10-17)19-14)7-8-16-6-4-3-5-13(16)18/h3-6,12,17H,7-11H2,1-2H3. The number of hydrogen-bond acceptors (Lipinski definition) is 4. The summed E-state index contributed by atoms with van der Waals surface area (Å²) >= 11 is 0. The third-order valence-electron chi connectivity index (χ3n) is 3.31. The van der Waals surface area contributed by atoms with Gasteiger partial charge < -0.3 is 14.4 Å². The number of nitrogens with zero attached hydrogens (tertiary/aromatic N) is 2. The molecule has 0 aromatic carbocycles. The van der Waals surface area contributed by atoms with Crippen molar-refractivity contribution < 1.29 is 9.84 Å². The summed E-state index contributed by atoms with van der Waals surface area (Å²) in [4.78, 5) is 13.9. The van der Waals surface area contributed by atoms with E-state index in [1.165, 1.54) is 0 Å². The highest BCUT2D eigenvalue weighted by Crippen LogP contribution is 2.20. The molecule has 19 heavy (non-hydrogen) atoms. The number of aliphatic hydroxyl groups is 1. The van der Waals surface area contributed by atoms with Crippen LogP contribution >= 0.6 is 0 Å². The molecule has 1 saturated heterocycles. The van der Waals surface area contributed by atoms with Crippen LogP contribution in [0.25, 0.3) is 0 Å². The van der Waals surface area contributed by atoms with Gasteiger partial charge in [0.25, 0.3) is 5.56 Å². The average molecular weight is 266 g/mol. The Kier molecular flexibility index (Phi) is 4.39. The molecule has 0 radical (unpaired) electrons. The van der Waals surface area contributed by atoms with Crippen LogP contribution in [0.3, 0.4) is 0 Å². The quantitative estimate of drug-likeness (QED) is 0.853. The SMILES string of the molecule is CC1(C)CN(CCn2ccccc2=O)CC(CO)O1. The Hall–Kier alpha value is -1.17. The highest BCUT2D eigenvalue weighted by atomic mass is 16.5. The van der Waals surface area contributed by atoms with Gasteiger partial charge in [-0.1, -0.05) is 6.07 Å². The van der Waals surface area contributed by atoms with Crippen molar-refractivity contribution >= 4 is 0 Å². The summed E-state index contributed by atoms with van der Waals surface area (Å²) in [6, 6.07) is 5.18. The molecular weight excluding hydrogens is 244 g/mol. The van der Waals surface area contributed by atoms with Gasteiger partial charge in [0.05, 0.1) is 18.3 Å². The van der Waals surface area contributed by atoms with Crippen LogP contribution < -0.4 is 5.56 Å². The van der Waals surface area contributed by atoms with Gasteiger partial charge in [0.2, 0.25) is 0 Å². The van der Waals surface area contributed by atoms with Crippen LogP contribution in [0.15, 0.2) is 29.2 Å². The highest BCUT2D eigenvalue weighted by Gasteiger charge is 2.32. The Morgan fingerprint density at radius 2 is 2.21 bits per heavy atom. The van der Waals surface area contributed by atoms with E-state index in [-0.39, 0.29) is 23.9 Å². The molecule has 5 nitrogen and oxygen atoms in total. The van der Waals surface area contributed by atoms with Crippen LogP contribution in [0, 0.1) is 0 Å². The molecule has 106 valence electrons. The predicted octanol–water partition coefficient (Wildman–Crippen LogP) is 0.320. The third-order valence-corrected chi connectivity index (χ3v) is 3.31. The van der Waals surface area contributed by atoms with Crippen molar-refractivity contribution in [2.45, 2.75) is 32.1 Å². The number of morpholine rings is 1. The van der Waals surface area contributed by atoms with Crippen molar-refractivity contribution in [2.75, 3.05) is 26.2 Å². The lowest BCUT2D eigenvalue weighted by molar-refractivity contribution is -0.149. The van der Waals surface area contributed by atoms with Crippen LogP contribution in [0.5, 0.6) is 0 Å². The lowest BCUT2D eigenvalue weighted by Crippen LogP contribution is -2.54. The van der Waals surface area contributed by atoms with Gasteiger partial charge in [-0.2, -0.15) is 0 Å². The van der Waals surface area contributed by atoms with E-state index in [2.05, 4.69) is 4.90 Å². The van der Waals surface area contributed by atoms with Crippen molar-refractivity contribution in [3.8, 4) is 0 Å². The van der Waals surface area contributed by atoms with E-state index in [4.69, 9.17) is 4.74 Å². The first-order chi connectivity index (χ1) is 9.00. The van der Waals surface area contributed by atoms with Crippen molar-refractivity contribution in [1.82, 2.24) is 9.47 Å². The number of aromatic nitrogens is 1. The summed E-state index contributed by atoms with van der Waals surface area (Å²) in [6.07, 6.45) is 1.66. The largest absolute Gasteiger partial charge is 0.394 e.